The molecule has 8 heteroatoms. The van der Waals surface area contributed by atoms with Gasteiger partial charge in [0, 0.05) is 18.1 Å². The molecular formula is C10H17Cl3N4S. The standard InChI is InChI=1S/C10H17Cl3N4S/c1-3-17(4-2)7-5-6-14-9-15-8(16-18-9)10(11,12)13/h3-7H2,1-2H3,(H,14,15,16). The molecule has 4 nitrogen and oxygen atoms in total. The highest BCUT2D eigenvalue weighted by Crippen LogP contribution is 2.37. The van der Waals surface area contributed by atoms with E-state index in [1.807, 2.05) is 0 Å². The van der Waals surface area contributed by atoms with Crippen molar-refractivity contribution in [1.82, 2.24) is 14.3 Å². The average Bonchev–Trinajstić information content (AvgIpc) is 2.78. The lowest BCUT2D eigenvalue weighted by atomic mass is 10.3. The van der Waals surface area contributed by atoms with E-state index in [0.717, 1.165) is 32.6 Å². The number of nitrogens with one attached hydrogen (secondary N) is 1. The first kappa shape index (κ1) is 16.2. The van der Waals surface area contributed by atoms with Gasteiger partial charge in [0.15, 0.2) is 5.82 Å². The minimum absolute atomic E-state index is 0.226. The fourth-order valence-corrected chi connectivity index (χ4v) is 2.50. The van der Waals surface area contributed by atoms with Crippen LogP contribution in [0.4, 0.5) is 5.13 Å². The third kappa shape index (κ3) is 5.45. The Morgan fingerprint density at radius 3 is 2.44 bits per heavy atom. The molecule has 1 heterocycles. The van der Waals surface area contributed by atoms with Crippen molar-refractivity contribution < 1.29 is 0 Å². The SMILES string of the molecule is CCN(CC)CCCNc1nc(C(Cl)(Cl)Cl)ns1. The predicted octanol–water partition coefficient (Wildman–Crippen LogP) is 3.51. The molecule has 0 unspecified atom stereocenters. The summed E-state index contributed by atoms with van der Waals surface area (Å²) in [4.78, 5) is 6.49. The molecule has 0 amide bonds. The van der Waals surface area contributed by atoms with Gasteiger partial charge in [-0.3, -0.25) is 0 Å². The lowest BCUT2D eigenvalue weighted by molar-refractivity contribution is 0.303. The van der Waals surface area contributed by atoms with Crippen molar-refractivity contribution in [3.8, 4) is 0 Å². The number of aromatic nitrogens is 2. The number of anilines is 1. The lowest BCUT2D eigenvalue weighted by Crippen LogP contribution is -2.25. The molecule has 18 heavy (non-hydrogen) atoms. The van der Waals surface area contributed by atoms with Crippen molar-refractivity contribution in [1.29, 1.82) is 0 Å². The molecule has 0 radical (unpaired) electrons. The van der Waals surface area contributed by atoms with Crippen LogP contribution in [0, 0.1) is 0 Å². The highest BCUT2D eigenvalue weighted by atomic mass is 35.6. The van der Waals surface area contributed by atoms with Gasteiger partial charge in [0.05, 0.1) is 0 Å². The minimum atomic E-state index is -1.54. The monoisotopic (exact) mass is 330 g/mol. The van der Waals surface area contributed by atoms with Gasteiger partial charge in [-0.15, -0.1) is 0 Å². The molecule has 0 fully saturated rings. The van der Waals surface area contributed by atoms with Gasteiger partial charge < -0.3 is 10.2 Å². The second-order valence-corrected chi connectivity index (χ2v) is 6.76. The molecule has 1 aromatic heterocycles. The van der Waals surface area contributed by atoms with Crippen LogP contribution in [0.25, 0.3) is 0 Å². The number of hydrogen-bond donors (Lipinski definition) is 1. The number of hydrogen-bond acceptors (Lipinski definition) is 5. The van der Waals surface area contributed by atoms with Gasteiger partial charge in [-0.05, 0) is 26.1 Å². The maximum absolute atomic E-state index is 5.69. The van der Waals surface area contributed by atoms with Crippen LogP contribution >= 0.6 is 46.3 Å². The number of halogens is 3. The van der Waals surface area contributed by atoms with Crippen molar-refractivity contribution in [2.45, 2.75) is 24.1 Å². The fraction of sp³-hybridized carbons (Fsp3) is 0.800. The minimum Gasteiger partial charge on any atom is -0.360 e. The van der Waals surface area contributed by atoms with Gasteiger partial charge in [0.2, 0.25) is 5.13 Å². The van der Waals surface area contributed by atoms with E-state index in [0.29, 0.717) is 5.13 Å². The van der Waals surface area contributed by atoms with E-state index in [9.17, 15) is 0 Å². The summed E-state index contributed by atoms with van der Waals surface area (Å²) in [5.74, 6) is 0.226. The molecule has 0 aromatic carbocycles. The lowest BCUT2D eigenvalue weighted by Gasteiger charge is -2.17. The van der Waals surface area contributed by atoms with Gasteiger partial charge in [-0.25, -0.2) is 0 Å². The molecule has 0 saturated carbocycles. The van der Waals surface area contributed by atoms with E-state index in [2.05, 4.69) is 33.4 Å². The Morgan fingerprint density at radius 2 is 1.94 bits per heavy atom. The number of nitrogens with zero attached hydrogens (tertiary/aromatic N) is 3. The van der Waals surface area contributed by atoms with E-state index in [1.165, 1.54) is 11.5 Å². The van der Waals surface area contributed by atoms with E-state index >= 15 is 0 Å². The molecule has 1 N–H and O–H groups in total. The zero-order valence-electron chi connectivity index (χ0n) is 10.4. The van der Waals surface area contributed by atoms with Gasteiger partial charge >= 0.3 is 0 Å². The van der Waals surface area contributed by atoms with Crippen LogP contribution in [0.3, 0.4) is 0 Å². The molecule has 0 spiro atoms. The molecule has 1 aromatic rings. The number of alkyl halides is 3. The average molecular weight is 332 g/mol. The van der Waals surface area contributed by atoms with Crippen LogP contribution in [0.5, 0.6) is 0 Å². The van der Waals surface area contributed by atoms with Crippen LogP contribution in [0.2, 0.25) is 0 Å². The van der Waals surface area contributed by atoms with Gasteiger partial charge in [0.1, 0.15) is 0 Å². The maximum atomic E-state index is 5.69. The molecule has 1 rings (SSSR count). The second kappa shape index (κ2) is 7.70. The van der Waals surface area contributed by atoms with Crippen molar-refractivity contribution in [3.05, 3.63) is 5.82 Å². The molecule has 0 aliphatic carbocycles. The van der Waals surface area contributed by atoms with Crippen LogP contribution in [0.1, 0.15) is 26.1 Å². The summed E-state index contributed by atoms with van der Waals surface area (Å²) in [6.07, 6.45) is 1.05. The molecule has 0 atom stereocenters. The van der Waals surface area contributed by atoms with Crippen molar-refractivity contribution in [3.63, 3.8) is 0 Å². The fourth-order valence-electron chi connectivity index (χ4n) is 1.45. The third-order valence-electron chi connectivity index (χ3n) is 2.50. The summed E-state index contributed by atoms with van der Waals surface area (Å²) in [6.45, 7) is 8.38. The second-order valence-electron chi connectivity index (χ2n) is 3.73. The molecule has 0 aliphatic rings. The first-order valence-corrected chi connectivity index (χ1v) is 7.75. The van der Waals surface area contributed by atoms with Crippen LogP contribution < -0.4 is 5.32 Å². The van der Waals surface area contributed by atoms with Crippen LogP contribution in [-0.2, 0) is 3.79 Å². The van der Waals surface area contributed by atoms with Gasteiger partial charge in [-0.2, -0.15) is 9.36 Å². The summed E-state index contributed by atoms with van der Waals surface area (Å²) in [5, 5.41) is 3.87. The highest BCUT2D eigenvalue weighted by Gasteiger charge is 2.28. The normalized spacial score (nSPS) is 12.1. The van der Waals surface area contributed by atoms with E-state index in [-0.39, 0.29) is 5.82 Å². The van der Waals surface area contributed by atoms with E-state index < -0.39 is 3.79 Å². The van der Waals surface area contributed by atoms with Gasteiger partial charge in [-0.1, -0.05) is 48.7 Å². The first-order chi connectivity index (χ1) is 8.47. The Hall–Kier alpha value is 0.190. The Morgan fingerprint density at radius 1 is 1.28 bits per heavy atom. The Bertz CT molecular complexity index is 349. The zero-order chi connectivity index (χ0) is 13.6. The zero-order valence-corrected chi connectivity index (χ0v) is 13.5. The Balaban J connectivity index is 2.30. The molecule has 0 bridgehead atoms. The smallest absolute Gasteiger partial charge is 0.251 e. The maximum Gasteiger partial charge on any atom is 0.251 e. The van der Waals surface area contributed by atoms with E-state index in [1.54, 1.807) is 0 Å². The molecule has 104 valence electrons. The summed E-state index contributed by atoms with van der Waals surface area (Å²) < 4.78 is 2.45. The highest BCUT2D eigenvalue weighted by molar-refractivity contribution is 7.09. The van der Waals surface area contributed by atoms with Crippen LogP contribution in [0.15, 0.2) is 0 Å². The molecule has 0 aliphatic heterocycles. The van der Waals surface area contributed by atoms with Crippen molar-refractivity contribution >= 4 is 51.5 Å². The van der Waals surface area contributed by atoms with Gasteiger partial charge in [0.25, 0.3) is 3.79 Å². The molecule has 0 saturated heterocycles. The topological polar surface area (TPSA) is 41.0 Å². The first-order valence-electron chi connectivity index (χ1n) is 5.84. The largest absolute Gasteiger partial charge is 0.360 e. The summed E-state index contributed by atoms with van der Waals surface area (Å²) in [6, 6.07) is 0. The van der Waals surface area contributed by atoms with Crippen molar-refractivity contribution in [2.75, 3.05) is 31.5 Å². The summed E-state index contributed by atoms with van der Waals surface area (Å²) >= 11 is 18.3. The third-order valence-corrected chi connectivity index (χ3v) is 3.68. The summed E-state index contributed by atoms with van der Waals surface area (Å²) in [7, 11) is 0. The molecular weight excluding hydrogens is 315 g/mol. The van der Waals surface area contributed by atoms with Crippen LogP contribution in [-0.4, -0.2) is 40.4 Å². The quantitative estimate of drug-likeness (QED) is 0.613. The number of rotatable bonds is 7. The van der Waals surface area contributed by atoms with Crippen molar-refractivity contribution in [2.24, 2.45) is 0 Å². The Labute approximate surface area is 127 Å². The Kier molecular flexibility index (Phi) is 6.95. The predicted molar refractivity (Wildman–Crippen MR) is 80.0 cm³/mol. The van der Waals surface area contributed by atoms with E-state index in [4.69, 9.17) is 34.8 Å². The summed E-state index contributed by atoms with van der Waals surface area (Å²) in [5.41, 5.74) is 0.